The van der Waals surface area contributed by atoms with Crippen LogP contribution in [0.15, 0.2) is 110 Å². The maximum atomic E-state index is 12.1. The van der Waals surface area contributed by atoms with Gasteiger partial charge in [-0.2, -0.15) is 0 Å². The number of aliphatic imine (C=N–C) groups is 1. The SMILES string of the molecule is O=c1cc(COc2ccc(C=Nc3ccc(Br)cc3)cc2)c2c(ccc3ccccc32)o1. The standard InChI is InChI=1S/C27H18BrNO3/c28-21-8-10-22(11-9-21)29-16-18-5-12-23(13-6-18)31-17-20-15-26(30)32-25-14-7-19-3-1-2-4-24(19)27(20)25/h1-16H,17H2. The molecule has 0 aliphatic rings. The summed E-state index contributed by atoms with van der Waals surface area (Å²) in [4.78, 5) is 16.5. The zero-order valence-corrected chi connectivity index (χ0v) is 18.6. The highest BCUT2D eigenvalue weighted by atomic mass is 79.9. The highest BCUT2D eigenvalue weighted by Crippen LogP contribution is 2.28. The third-order valence-electron chi connectivity index (χ3n) is 5.18. The van der Waals surface area contributed by atoms with Gasteiger partial charge in [0.15, 0.2) is 0 Å². The summed E-state index contributed by atoms with van der Waals surface area (Å²) < 4.78 is 12.4. The van der Waals surface area contributed by atoms with E-state index in [1.807, 2.05) is 91.1 Å². The van der Waals surface area contributed by atoms with Gasteiger partial charge in [0.25, 0.3) is 0 Å². The number of rotatable bonds is 5. The second-order valence-electron chi connectivity index (χ2n) is 7.34. The number of hydrogen-bond donors (Lipinski definition) is 0. The largest absolute Gasteiger partial charge is 0.489 e. The molecular formula is C27H18BrNO3. The molecule has 0 bridgehead atoms. The van der Waals surface area contributed by atoms with E-state index >= 15 is 0 Å². The van der Waals surface area contributed by atoms with Crippen molar-refractivity contribution in [2.45, 2.75) is 6.61 Å². The molecule has 0 radical (unpaired) electrons. The van der Waals surface area contributed by atoms with Gasteiger partial charge in [-0.25, -0.2) is 4.79 Å². The summed E-state index contributed by atoms with van der Waals surface area (Å²) in [5, 5.41) is 3.03. The van der Waals surface area contributed by atoms with E-state index in [2.05, 4.69) is 20.9 Å². The van der Waals surface area contributed by atoms with Gasteiger partial charge in [-0.3, -0.25) is 4.99 Å². The van der Waals surface area contributed by atoms with Crippen LogP contribution in [-0.2, 0) is 6.61 Å². The molecule has 4 nitrogen and oxygen atoms in total. The Bertz CT molecular complexity index is 1490. The lowest BCUT2D eigenvalue weighted by atomic mass is 10.0. The van der Waals surface area contributed by atoms with E-state index in [1.54, 1.807) is 0 Å². The van der Waals surface area contributed by atoms with E-state index in [9.17, 15) is 4.79 Å². The molecule has 0 fully saturated rings. The normalized spacial score (nSPS) is 11.4. The van der Waals surface area contributed by atoms with E-state index in [1.165, 1.54) is 6.07 Å². The fourth-order valence-electron chi connectivity index (χ4n) is 3.62. The summed E-state index contributed by atoms with van der Waals surface area (Å²) in [6, 6.07) is 28.8. The summed E-state index contributed by atoms with van der Waals surface area (Å²) in [6.45, 7) is 0.266. The Kier molecular flexibility index (Phi) is 5.57. The van der Waals surface area contributed by atoms with Gasteiger partial charge in [-0.05, 0) is 70.9 Å². The number of ether oxygens (including phenoxy) is 1. The van der Waals surface area contributed by atoms with E-state index in [0.717, 1.165) is 37.4 Å². The Morgan fingerprint density at radius 2 is 1.69 bits per heavy atom. The Morgan fingerprint density at radius 3 is 2.50 bits per heavy atom. The summed E-state index contributed by atoms with van der Waals surface area (Å²) in [7, 11) is 0. The van der Waals surface area contributed by atoms with Crippen LogP contribution in [0.5, 0.6) is 5.75 Å². The lowest BCUT2D eigenvalue weighted by molar-refractivity contribution is 0.306. The minimum atomic E-state index is -0.383. The van der Waals surface area contributed by atoms with Crippen LogP contribution < -0.4 is 10.4 Å². The fraction of sp³-hybridized carbons (Fsp3) is 0.0370. The molecule has 0 saturated carbocycles. The molecule has 156 valence electrons. The first kappa shape index (κ1) is 20.2. The minimum Gasteiger partial charge on any atom is -0.489 e. The fourth-order valence-corrected chi connectivity index (χ4v) is 3.89. The third kappa shape index (κ3) is 4.34. The van der Waals surface area contributed by atoms with E-state index in [-0.39, 0.29) is 12.2 Å². The Labute approximate surface area is 192 Å². The van der Waals surface area contributed by atoms with E-state index < -0.39 is 0 Å². The molecule has 0 amide bonds. The van der Waals surface area contributed by atoms with Gasteiger partial charge in [0.2, 0.25) is 0 Å². The number of halogens is 1. The Balaban J connectivity index is 1.37. The van der Waals surface area contributed by atoms with Crippen molar-refractivity contribution >= 4 is 49.6 Å². The van der Waals surface area contributed by atoms with Crippen molar-refractivity contribution in [3.05, 3.63) is 117 Å². The zero-order valence-electron chi connectivity index (χ0n) is 17.0. The van der Waals surface area contributed by atoms with Crippen LogP contribution in [0.1, 0.15) is 11.1 Å². The summed E-state index contributed by atoms with van der Waals surface area (Å²) in [5.74, 6) is 0.715. The van der Waals surface area contributed by atoms with E-state index in [0.29, 0.717) is 11.3 Å². The van der Waals surface area contributed by atoms with Crippen LogP contribution in [0.3, 0.4) is 0 Å². The van der Waals surface area contributed by atoms with Gasteiger partial charge in [-0.1, -0.05) is 46.3 Å². The van der Waals surface area contributed by atoms with Crippen LogP contribution >= 0.6 is 15.9 Å². The van der Waals surface area contributed by atoms with Gasteiger partial charge in [0.05, 0.1) is 5.69 Å². The third-order valence-corrected chi connectivity index (χ3v) is 5.71. The molecular weight excluding hydrogens is 466 g/mol. The van der Waals surface area contributed by atoms with Crippen molar-refractivity contribution in [3.8, 4) is 5.75 Å². The minimum absolute atomic E-state index is 0.266. The second-order valence-corrected chi connectivity index (χ2v) is 8.26. The molecule has 5 aromatic rings. The maximum Gasteiger partial charge on any atom is 0.336 e. The highest BCUT2D eigenvalue weighted by Gasteiger charge is 2.10. The molecule has 0 saturated heterocycles. The van der Waals surface area contributed by atoms with Gasteiger partial charge < -0.3 is 9.15 Å². The summed E-state index contributed by atoms with van der Waals surface area (Å²) in [6.07, 6.45) is 1.81. The molecule has 32 heavy (non-hydrogen) atoms. The van der Waals surface area contributed by atoms with Gasteiger partial charge in [0.1, 0.15) is 17.9 Å². The van der Waals surface area contributed by atoms with Gasteiger partial charge in [0, 0.05) is 27.7 Å². The number of hydrogen-bond acceptors (Lipinski definition) is 4. The predicted molar refractivity (Wildman–Crippen MR) is 132 cm³/mol. The quantitative estimate of drug-likeness (QED) is 0.153. The monoisotopic (exact) mass is 483 g/mol. The van der Waals surface area contributed by atoms with Crippen molar-refractivity contribution < 1.29 is 9.15 Å². The molecule has 4 aromatic carbocycles. The van der Waals surface area contributed by atoms with Crippen LogP contribution in [0.25, 0.3) is 21.7 Å². The number of benzene rings is 4. The molecule has 1 aromatic heterocycles. The lowest BCUT2D eigenvalue weighted by Crippen LogP contribution is -2.04. The van der Waals surface area contributed by atoms with Crippen LogP contribution in [0, 0.1) is 0 Å². The van der Waals surface area contributed by atoms with Gasteiger partial charge >= 0.3 is 5.63 Å². The smallest absolute Gasteiger partial charge is 0.336 e. The second kappa shape index (κ2) is 8.81. The maximum absolute atomic E-state index is 12.1. The van der Waals surface area contributed by atoms with Crippen molar-refractivity contribution in [1.82, 2.24) is 0 Å². The summed E-state index contributed by atoms with van der Waals surface area (Å²) >= 11 is 3.42. The molecule has 0 spiro atoms. The Morgan fingerprint density at radius 1 is 0.906 bits per heavy atom. The average Bonchev–Trinajstić information content (AvgIpc) is 2.82. The first-order valence-electron chi connectivity index (χ1n) is 10.1. The van der Waals surface area contributed by atoms with Crippen molar-refractivity contribution in [1.29, 1.82) is 0 Å². The van der Waals surface area contributed by atoms with Gasteiger partial charge in [-0.15, -0.1) is 0 Å². The first-order valence-corrected chi connectivity index (χ1v) is 10.9. The number of fused-ring (bicyclic) bond motifs is 3. The molecule has 0 atom stereocenters. The molecule has 0 unspecified atom stereocenters. The van der Waals surface area contributed by atoms with Crippen LogP contribution in [-0.4, -0.2) is 6.21 Å². The summed E-state index contributed by atoms with van der Waals surface area (Å²) in [5.41, 5.74) is 2.83. The van der Waals surface area contributed by atoms with Crippen molar-refractivity contribution in [2.75, 3.05) is 0 Å². The molecule has 0 N–H and O–H groups in total. The molecule has 0 aliphatic carbocycles. The van der Waals surface area contributed by atoms with Crippen molar-refractivity contribution in [3.63, 3.8) is 0 Å². The lowest BCUT2D eigenvalue weighted by Gasteiger charge is -2.10. The predicted octanol–water partition coefficient (Wildman–Crippen LogP) is 7.04. The van der Waals surface area contributed by atoms with Crippen LogP contribution in [0.2, 0.25) is 0 Å². The number of nitrogens with zero attached hydrogens (tertiary/aromatic N) is 1. The topological polar surface area (TPSA) is 51.8 Å². The molecule has 1 heterocycles. The molecule has 5 rings (SSSR count). The van der Waals surface area contributed by atoms with Crippen molar-refractivity contribution in [2.24, 2.45) is 4.99 Å². The van der Waals surface area contributed by atoms with E-state index in [4.69, 9.17) is 9.15 Å². The zero-order chi connectivity index (χ0) is 21.9. The molecule has 0 aliphatic heterocycles. The highest BCUT2D eigenvalue weighted by molar-refractivity contribution is 9.10. The Hall–Kier alpha value is -3.70. The average molecular weight is 484 g/mol. The first-order chi connectivity index (χ1) is 15.7. The van der Waals surface area contributed by atoms with Crippen LogP contribution in [0.4, 0.5) is 5.69 Å². The molecule has 5 heteroatoms.